The Kier molecular flexibility index (Phi) is 5.37. The van der Waals surface area contributed by atoms with E-state index in [1.54, 1.807) is 4.90 Å². The molecule has 1 amide bonds. The van der Waals surface area contributed by atoms with Crippen molar-refractivity contribution in [3.63, 3.8) is 0 Å². The molecule has 114 valence electrons. The molecule has 4 heteroatoms. The van der Waals surface area contributed by atoms with Gasteiger partial charge in [0.25, 0.3) is 5.91 Å². The first-order chi connectivity index (χ1) is 10.1. The van der Waals surface area contributed by atoms with Crippen molar-refractivity contribution >= 4 is 11.9 Å². The third-order valence-corrected chi connectivity index (χ3v) is 4.22. The van der Waals surface area contributed by atoms with Crippen molar-refractivity contribution in [3.05, 3.63) is 35.4 Å². The average Bonchev–Trinajstić information content (AvgIpc) is 2.48. The lowest BCUT2D eigenvalue weighted by atomic mass is 9.93. The Balaban J connectivity index is 2.18. The highest BCUT2D eigenvalue weighted by Crippen LogP contribution is 2.25. The van der Waals surface area contributed by atoms with Crippen LogP contribution >= 0.6 is 0 Å². The molecule has 0 spiro atoms. The summed E-state index contributed by atoms with van der Waals surface area (Å²) in [7, 11) is 0. The lowest BCUT2D eigenvalue weighted by molar-refractivity contribution is -0.137. The van der Waals surface area contributed by atoms with Crippen LogP contribution in [0.25, 0.3) is 0 Å². The second-order valence-electron chi connectivity index (χ2n) is 5.75. The topological polar surface area (TPSA) is 57.6 Å². The largest absolute Gasteiger partial charge is 0.481 e. The minimum absolute atomic E-state index is 0.00806. The molecule has 0 heterocycles. The smallest absolute Gasteiger partial charge is 0.305 e. The van der Waals surface area contributed by atoms with E-state index in [-0.39, 0.29) is 18.4 Å². The number of aliphatic carboxylic acids is 1. The van der Waals surface area contributed by atoms with Crippen molar-refractivity contribution < 1.29 is 14.7 Å². The summed E-state index contributed by atoms with van der Waals surface area (Å²) in [5, 5.41) is 8.93. The number of amides is 1. The Morgan fingerprint density at radius 1 is 1.19 bits per heavy atom. The average molecular weight is 289 g/mol. The molecule has 1 N–H and O–H groups in total. The van der Waals surface area contributed by atoms with E-state index in [0.717, 1.165) is 31.2 Å². The Hall–Kier alpha value is -1.84. The first-order valence-corrected chi connectivity index (χ1v) is 7.68. The van der Waals surface area contributed by atoms with Crippen LogP contribution in [-0.2, 0) is 4.79 Å². The Morgan fingerprint density at radius 3 is 2.48 bits per heavy atom. The first-order valence-electron chi connectivity index (χ1n) is 7.68. The number of aryl methyl sites for hydroxylation is 1. The fourth-order valence-electron chi connectivity index (χ4n) is 3.03. The number of hydrogen-bond donors (Lipinski definition) is 1. The van der Waals surface area contributed by atoms with Crippen molar-refractivity contribution in [1.29, 1.82) is 0 Å². The van der Waals surface area contributed by atoms with Gasteiger partial charge in [-0.1, -0.05) is 37.5 Å². The van der Waals surface area contributed by atoms with Gasteiger partial charge in [0, 0.05) is 18.2 Å². The molecule has 1 aliphatic carbocycles. The zero-order valence-electron chi connectivity index (χ0n) is 12.5. The molecule has 0 radical (unpaired) electrons. The van der Waals surface area contributed by atoms with Gasteiger partial charge >= 0.3 is 5.97 Å². The van der Waals surface area contributed by atoms with Gasteiger partial charge in [-0.15, -0.1) is 0 Å². The van der Waals surface area contributed by atoms with Crippen molar-refractivity contribution in [2.45, 2.75) is 51.5 Å². The van der Waals surface area contributed by atoms with Crippen LogP contribution in [0.5, 0.6) is 0 Å². The molecule has 0 aromatic heterocycles. The molecule has 0 aliphatic heterocycles. The van der Waals surface area contributed by atoms with Crippen LogP contribution in [0.2, 0.25) is 0 Å². The highest BCUT2D eigenvalue weighted by Gasteiger charge is 2.27. The van der Waals surface area contributed by atoms with Crippen LogP contribution in [0.15, 0.2) is 24.3 Å². The highest BCUT2D eigenvalue weighted by atomic mass is 16.4. The number of rotatable bonds is 5. The third kappa shape index (κ3) is 4.06. The molecule has 1 fully saturated rings. The summed E-state index contributed by atoms with van der Waals surface area (Å²) < 4.78 is 0. The Labute approximate surface area is 125 Å². The zero-order valence-corrected chi connectivity index (χ0v) is 12.5. The van der Waals surface area contributed by atoms with E-state index >= 15 is 0 Å². The fraction of sp³-hybridized carbons (Fsp3) is 0.529. The van der Waals surface area contributed by atoms with E-state index < -0.39 is 5.97 Å². The maximum absolute atomic E-state index is 12.8. The molecule has 2 rings (SSSR count). The van der Waals surface area contributed by atoms with Gasteiger partial charge in [0.05, 0.1) is 6.42 Å². The molecule has 1 aromatic carbocycles. The van der Waals surface area contributed by atoms with E-state index in [9.17, 15) is 9.59 Å². The van der Waals surface area contributed by atoms with Crippen molar-refractivity contribution in [2.24, 2.45) is 0 Å². The SMILES string of the molecule is Cc1ccccc1C(=O)N(CCC(=O)O)C1CCCCC1. The fourth-order valence-corrected chi connectivity index (χ4v) is 3.03. The number of carboxylic acid groups (broad SMARTS) is 1. The zero-order chi connectivity index (χ0) is 15.2. The first kappa shape index (κ1) is 15.5. The number of carboxylic acids is 1. The predicted molar refractivity (Wildman–Crippen MR) is 81.3 cm³/mol. The lowest BCUT2D eigenvalue weighted by Crippen LogP contribution is -2.42. The highest BCUT2D eigenvalue weighted by molar-refractivity contribution is 5.96. The monoisotopic (exact) mass is 289 g/mol. The van der Waals surface area contributed by atoms with Crippen LogP contribution in [0.3, 0.4) is 0 Å². The van der Waals surface area contributed by atoms with Crippen LogP contribution in [-0.4, -0.2) is 34.5 Å². The van der Waals surface area contributed by atoms with Gasteiger partial charge in [0.1, 0.15) is 0 Å². The number of benzene rings is 1. The number of hydrogen-bond acceptors (Lipinski definition) is 2. The van der Waals surface area contributed by atoms with Gasteiger partial charge in [-0.2, -0.15) is 0 Å². The van der Waals surface area contributed by atoms with Crippen LogP contribution < -0.4 is 0 Å². The number of carbonyl (C=O) groups is 2. The van der Waals surface area contributed by atoms with E-state index in [4.69, 9.17) is 5.11 Å². The molecule has 0 saturated heterocycles. The predicted octanol–water partition coefficient (Wildman–Crippen LogP) is 3.24. The molecule has 0 unspecified atom stereocenters. The maximum atomic E-state index is 12.8. The summed E-state index contributed by atoms with van der Waals surface area (Å²) in [5.41, 5.74) is 1.63. The van der Waals surface area contributed by atoms with Gasteiger partial charge < -0.3 is 10.0 Å². The minimum Gasteiger partial charge on any atom is -0.481 e. The lowest BCUT2D eigenvalue weighted by Gasteiger charge is -2.34. The molecule has 1 aromatic rings. The van der Waals surface area contributed by atoms with Crippen LogP contribution in [0, 0.1) is 6.92 Å². The van der Waals surface area contributed by atoms with E-state index in [1.165, 1.54) is 6.42 Å². The summed E-state index contributed by atoms with van der Waals surface area (Å²) in [6.45, 7) is 2.22. The summed E-state index contributed by atoms with van der Waals surface area (Å²) >= 11 is 0. The molecule has 0 atom stereocenters. The summed E-state index contributed by atoms with van der Waals surface area (Å²) in [4.78, 5) is 25.5. The molecule has 21 heavy (non-hydrogen) atoms. The molecule has 0 bridgehead atoms. The van der Waals surface area contributed by atoms with Crippen molar-refractivity contribution in [1.82, 2.24) is 4.90 Å². The number of nitrogens with zero attached hydrogens (tertiary/aromatic N) is 1. The van der Waals surface area contributed by atoms with Gasteiger partial charge in [-0.05, 0) is 31.4 Å². The number of carbonyl (C=O) groups excluding carboxylic acids is 1. The molecule has 4 nitrogen and oxygen atoms in total. The van der Waals surface area contributed by atoms with Gasteiger partial charge in [-0.25, -0.2) is 0 Å². The van der Waals surface area contributed by atoms with Gasteiger partial charge in [-0.3, -0.25) is 9.59 Å². The standard InChI is InChI=1S/C17H23NO3/c1-13-7-5-6-10-15(13)17(21)18(12-11-16(19)20)14-8-3-2-4-9-14/h5-7,10,14H,2-4,8-9,11-12H2,1H3,(H,19,20). The summed E-state index contributed by atoms with van der Waals surface area (Å²) in [6.07, 6.45) is 5.43. The van der Waals surface area contributed by atoms with E-state index in [1.807, 2.05) is 31.2 Å². The van der Waals surface area contributed by atoms with Gasteiger partial charge in [0.15, 0.2) is 0 Å². The quantitative estimate of drug-likeness (QED) is 0.905. The van der Waals surface area contributed by atoms with E-state index in [0.29, 0.717) is 12.1 Å². The second-order valence-corrected chi connectivity index (χ2v) is 5.75. The van der Waals surface area contributed by atoms with Crippen molar-refractivity contribution in [3.8, 4) is 0 Å². The maximum Gasteiger partial charge on any atom is 0.305 e. The molecule has 1 aliphatic rings. The molecule has 1 saturated carbocycles. The van der Waals surface area contributed by atoms with E-state index in [2.05, 4.69) is 0 Å². The van der Waals surface area contributed by atoms with Crippen LogP contribution in [0.4, 0.5) is 0 Å². The summed E-state index contributed by atoms with van der Waals surface area (Å²) in [5.74, 6) is -0.880. The Morgan fingerprint density at radius 2 is 1.86 bits per heavy atom. The Bertz CT molecular complexity index is 507. The second kappa shape index (κ2) is 7.25. The molecular weight excluding hydrogens is 266 g/mol. The van der Waals surface area contributed by atoms with Crippen LogP contribution in [0.1, 0.15) is 54.4 Å². The normalized spacial score (nSPS) is 15.7. The molecular formula is C17H23NO3. The summed E-state index contributed by atoms with van der Waals surface area (Å²) in [6, 6.07) is 7.70. The third-order valence-electron chi connectivity index (χ3n) is 4.22. The minimum atomic E-state index is -0.853. The van der Waals surface area contributed by atoms with Crippen molar-refractivity contribution in [2.75, 3.05) is 6.54 Å². The van der Waals surface area contributed by atoms with Gasteiger partial charge in [0.2, 0.25) is 0 Å².